The Kier molecular flexibility index (Phi) is 1.87. The molecule has 0 aromatic carbocycles. The quantitative estimate of drug-likeness (QED) is 0.289. The summed E-state index contributed by atoms with van der Waals surface area (Å²) < 4.78 is 0. The summed E-state index contributed by atoms with van der Waals surface area (Å²) in [5, 5.41) is 12.0. The molecule has 2 aliphatic rings. The van der Waals surface area contributed by atoms with Crippen molar-refractivity contribution in [1.29, 1.82) is 0 Å². The van der Waals surface area contributed by atoms with Crippen molar-refractivity contribution in [2.24, 2.45) is 16.5 Å². The van der Waals surface area contributed by atoms with Crippen LogP contribution < -0.4 is 0 Å². The molecule has 2 rings (SSSR count). The van der Waals surface area contributed by atoms with E-state index >= 15 is 0 Å². The van der Waals surface area contributed by atoms with Crippen LogP contribution in [0.2, 0.25) is 0 Å². The summed E-state index contributed by atoms with van der Waals surface area (Å²) in [5.74, 6) is 1.11. The van der Waals surface area contributed by atoms with Crippen molar-refractivity contribution in [3.8, 4) is 0 Å². The van der Waals surface area contributed by atoms with E-state index in [1.165, 1.54) is 0 Å². The minimum atomic E-state index is 0.00502. The zero-order valence-corrected chi connectivity index (χ0v) is 7.59. The maximum Gasteiger partial charge on any atom is 0.0656 e. The van der Waals surface area contributed by atoms with E-state index < -0.39 is 0 Å². The number of allylic oxidation sites excluding steroid dienone is 2. The summed E-state index contributed by atoms with van der Waals surface area (Å²) in [6, 6.07) is 0. The van der Waals surface area contributed by atoms with Gasteiger partial charge in [-0.25, -0.2) is 0 Å². The van der Waals surface area contributed by atoms with Crippen LogP contribution in [-0.4, -0.2) is 16.8 Å². The molecule has 0 spiro atoms. The molecule has 2 atom stereocenters. The molecule has 3 heteroatoms. The number of nitrogens with zero attached hydrogens (tertiary/aromatic N) is 1. The Morgan fingerprint density at radius 1 is 1.75 bits per heavy atom. The molecule has 0 radical (unpaired) electrons. The first-order valence-electron chi connectivity index (χ1n) is 4.27. The van der Waals surface area contributed by atoms with E-state index in [4.69, 9.17) is 16.8 Å². The SMILES string of the molecule is ON=C1CC2C=CCCC12CCl. The van der Waals surface area contributed by atoms with Gasteiger partial charge in [0.25, 0.3) is 0 Å². The monoisotopic (exact) mass is 185 g/mol. The zero-order valence-electron chi connectivity index (χ0n) is 6.83. The van der Waals surface area contributed by atoms with Gasteiger partial charge in [0.05, 0.1) is 5.71 Å². The third-order valence-electron chi connectivity index (χ3n) is 3.18. The Hall–Kier alpha value is -0.500. The molecule has 12 heavy (non-hydrogen) atoms. The molecule has 0 aromatic rings. The van der Waals surface area contributed by atoms with Crippen LogP contribution in [0.4, 0.5) is 0 Å². The van der Waals surface area contributed by atoms with E-state index in [-0.39, 0.29) is 5.41 Å². The molecule has 1 N–H and O–H groups in total. The van der Waals surface area contributed by atoms with Crippen molar-refractivity contribution in [1.82, 2.24) is 0 Å². The topological polar surface area (TPSA) is 32.6 Å². The summed E-state index contributed by atoms with van der Waals surface area (Å²) >= 11 is 5.92. The van der Waals surface area contributed by atoms with Crippen LogP contribution in [0.1, 0.15) is 19.3 Å². The Labute approximate surface area is 76.9 Å². The molecular weight excluding hydrogens is 174 g/mol. The summed E-state index contributed by atoms with van der Waals surface area (Å²) in [6.45, 7) is 0. The Balaban J connectivity index is 2.27. The van der Waals surface area contributed by atoms with Gasteiger partial charge in [-0.1, -0.05) is 17.3 Å². The highest BCUT2D eigenvalue weighted by molar-refractivity contribution is 6.21. The summed E-state index contributed by atoms with van der Waals surface area (Å²) in [5.41, 5.74) is 0.900. The van der Waals surface area contributed by atoms with Crippen molar-refractivity contribution in [2.45, 2.75) is 19.3 Å². The maximum absolute atomic E-state index is 8.73. The second kappa shape index (κ2) is 2.77. The fourth-order valence-corrected chi connectivity index (χ4v) is 2.74. The molecular formula is C9H12ClNO. The highest BCUT2D eigenvalue weighted by Crippen LogP contribution is 2.51. The summed E-state index contributed by atoms with van der Waals surface area (Å²) in [4.78, 5) is 0. The maximum atomic E-state index is 8.73. The lowest BCUT2D eigenvalue weighted by Gasteiger charge is -2.49. The normalized spacial score (nSPS) is 42.4. The van der Waals surface area contributed by atoms with Crippen LogP contribution in [0.15, 0.2) is 17.3 Å². The van der Waals surface area contributed by atoms with Gasteiger partial charge < -0.3 is 5.21 Å². The second-order valence-corrected chi connectivity index (χ2v) is 3.88. The molecule has 0 saturated heterocycles. The molecule has 0 amide bonds. The third-order valence-corrected chi connectivity index (χ3v) is 3.66. The van der Waals surface area contributed by atoms with E-state index in [0.717, 1.165) is 25.0 Å². The van der Waals surface area contributed by atoms with Gasteiger partial charge >= 0.3 is 0 Å². The van der Waals surface area contributed by atoms with Gasteiger partial charge in [-0.05, 0) is 25.2 Å². The smallest absolute Gasteiger partial charge is 0.0656 e. The molecule has 0 aromatic heterocycles. The van der Waals surface area contributed by atoms with Gasteiger partial charge in [0.15, 0.2) is 0 Å². The fraction of sp³-hybridized carbons (Fsp3) is 0.667. The van der Waals surface area contributed by atoms with Gasteiger partial charge in [0.1, 0.15) is 0 Å². The minimum Gasteiger partial charge on any atom is -0.411 e. The molecule has 1 saturated carbocycles. The first-order chi connectivity index (χ1) is 5.83. The van der Waals surface area contributed by atoms with Gasteiger partial charge in [-0.2, -0.15) is 0 Å². The third kappa shape index (κ3) is 0.845. The standard InChI is InChI=1S/C9H12ClNO/c10-6-9-4-2-1-3-7(9)5-8(9)11-12/h1,3,7,12H,2,4-6H2. The van der Waals surface area contributed by atoms with Crippen molar-refractivity contribution >= 4 is 17.3 Å². The predicted octanol–water partition coefficient (Wildman–Crippen LogP) is 2.41. The molecule has 0 bridgehead atoms. The van der Waals surface area contributed by atoms with Crippen molar-refractivity contribution in [2.75, 3.05) is 5.88 Å². The zero-order chi connectivity index (χ0) is 8.60. The van der Waals surface area contributed by atoms with Crippen LogP contribution in [0.25, 0.3) is 0 Å². The lowest BCUT2D eigenvalue weighted by Crippen LogP contribution is -2.51. The Morgan fingerprint density at radius 2 is 2.58 bits per heavy atom. The molecule has 1 fully saturated rings. The van der Waals surface area contributed by atoms with Crippen molar-refractivity contribution < 1.29 is 5.21 Å². The van der Waals surface area contributed by atoms with Gasteiger partial charge in [-0.15, -0.1) is 11.6 Å². The first kappa shape index (κ1) is 8.11. The van der Waals surface area contributed by atoms with Gasteiger partial charge in [0, 0.05) is 11.3 Å². The molecule has 66 valence electrons. The number of halogens is 1. The highest BCUT2D eigenvalue weighted by Gasteiger charge is 2.51. The number of hydrogen-bond acceptors (Lipinski definition) is 2. The van der Waals surface area contributed by atoms with Gasteiger partial charge in [0.2, 0.25) is 0 Å². The van der Waals surface area contributed by atoms with Crippen LogP contribution in [0.5, 0.6) is 0 Å². The van der Waals surface area contributed by atoms with E-state index in [0.29, 0.717) is 11.8 Å². The second-order valence-electron chi connectivity index (χ2n) is 3.61. The summed E-state index contributed by atoms with van der Waals surface area (Å²) in [7, 11) is 0. The largest absolute Gasteiger partial charge is 0.411 e. The Morgan fingerprint density at radius 3 is 3.17 bits per heavy atom. The Bertz CT molecular complexity index is 249. The average Bonchev–Trinajstić information content (AvgIpc) is 2.08. The highest BCUT2D eigenvalue weighted by atomic mass is 35.5. The van der Waals surface area contributed by atoms with Crippen LogP contribution in [-0.2, 0) is 0 Å². The minimum absolute atomic E-state index is 0.00502. The van der Waals surface area contributed by atoms with Crippen LogP contribution in [0.3, 0.4) is 0 Å². The van der Waals surface area contributed by atoms with Crippen molar-refractivity contribution in [3.05, 3.63) is 12.2 Å². The first-order valence-corrected chi connectivity index (χ1v) is 4.81. The predicted molar refractivity (Wildman–Crippen MR) is 48.9 cm³/mol. The molecule has 2 unspecified atom stereocenters. The van der Waals surface area contributed by atoms with Crippen molar-refractivity contribution in [3.63, 3.8) is 0 Å². The number of alkyl halides is 1. The number of hydrogen-bond donors (Lipinski definition) is 1. The fourth-order valence-electron chi connectivity index (χ4n) is 2.26. The van der Waals surface area contributed by atoms with Crippen LogP contribution in [0, 0.1) is 11.3 Å². The number of fused-ring (bicyclic) bond motifs is 1. The number of rotatable bonds is 1. The molecule has 0 aliphatic heterocycles. The molecule has 2 nitrogen and oxygen atoms in total. The molecule has 2 aliphatic carbocycles. The van der Waals surface area contributed by atoms with E-state index in [2.05, 4.69) is 17.3 Å². The lowest BCUT2D eigenvalue weighted by atomic mass is 9.55. The average molecular weight is 186 g/mol. The summed E-state index contributed by atoms with van der Waals surface area (Å²) in [6.07, 6.45) is 7.39. The van der Waals surface area contributed by atoms with E-state index in [9.17, 15) is 0 Å². The van der Waals surface area contributed by atoms with E-state index in [1.807, 2.05) is 0 Å². The number of oxime groups is 1. The van der Waals surface area contributed by atoms with E-state index in [1.54, 1.807) is 0 Å². The van der Waals surface area contributed by atoms with Crippen LogP contribution >= 0.6 is 11.6 Å². The molecule has 0 heterocycles. The van der Waals surface area contributed by atoms with Gasteiger partial charge in [-0.3, -0.25) is 0 Å². The lowest BCUT2D eigenvalue weighted by molar-refractivity contribution is 0.219.